The summed E-state index contributed by atoms with van der Waals surface area (Å²) in [6.45, 7) is 0. The first-order valence-electron chi connectivity index (χ1n) is 14.1. The van der Waals surface area contributed by atoms with Crippen molar-refractivity contribution in [3.05, 3.63) is 114 Å². The van der Waals surface area contributed by atoms with Gasteiger partial charge in [0.05, 0.1) is 5.54 Å². The minimum atomic E-state index is -2.27. The minimum Gasteiger partial charge on any atom is -0.479 e. The molecule has 0 heterocycles. The van der Waals surface area contributed by atoms with Crippen LogP contribution in [0.5, 0.6) is 0 Å². The van der Waals surface area contributed by atoms with Crippen LogP contribution in [0, 0.1) is 0 Å². The largest absolute Gasteiger partial charge is 0.479 e. The van der Waals surface area contributed by atoms with Crippen LogP contribution < -0.4 is 0 Å². The molecule has 3 aromatic rings. The van der Waals surface area contributed by atoms with Crippen LogP contribution in [-0.2, 0) is 25.5 Å². The number of carbonyl (C=O) groups excluding carboxylic acids is 1. The van der Waals surface area contributed by atoms with E-state index in [2.05, 4.69) is 73.6 Å². The standard InChI is InChI=1S/C30H34N2O.C4H6O6/c1-31(2)29(26-15-9-5-10-16-26)21-23-30(24-22-29,27-17-11-6-12-18-27)32(3)28(33)20-19-25-13-7-4-8-14-25;5-1(3(7)8)2(6)4(9)10/h4-20H,21-24H2,1-3H3;1-2,5-6H,(H,7,8)(H,9,10)/b20-19+;/t;1-,2-/m.1/s1. The first-order chi connectivity index (χ1) is 20.4. The maximum absolute atomic E-state index is 13.4. The van der Waals surface area contributed by atoms with Crippen molar-refractivity contribution in [1.29, 1.82) is 0 Å². The van der Waals surface area contributed by atoms with E-state index in [-0.39, 0.29) is 17.0 Å². The number of hydrogen-bond acceptors (Lipinski definition) is 6. The molecule has 4 N–H and O–H groups in total. The zero-order valence-electron chi connectivity index (χ0n) is 24.7. The average Bonchev–Trinajstić information content (AvgIpc) is 3.04. The highest BCUT2D eigenvalue weighted by molar-refractivity contribution is 5.92. The third-order valence-corrected chi connectivity index (χ3v) is 8.38. The number of likely N-dealkylation sites (N-methyl/N-ethyl adjacent to an activating group) is 1. The summed E-state index contributed by atoms with van der Waals surface area (Å²) in [7, 11) is 6.33. The monoisotopic (exact) mass is 588 g/mol. The number of carbonyl (C=O) groups is 3. The van der Waals surface area contributed by atoms with Crippen molar-refractivity contribution in [2.24, 2.45) is 0 Å². The van der Waals surface area contributed by atoms with Gasteiger partial charge in [-0.05, 0) is 62.5 Å². The molecule has 0 aromatic heterocycles. The van der Waals surface area contributed by atoms with Gasteiger partial charge in [0.1, 0.15) is 0 Å². The van der Waals surface area contributed by atoms with E-state index in [9.17, 15) is 14.4 Å². The lowest BCUT2D eigenvalue weighted by Crippen LogP contribution is -2.54. The second-order valence-electron chi connectivity index (χ2n) is 10.9. The fraction of sp³-hybridized carbons (Fsp3) is 0.324. The zero-order valence-corrected chi connectivity index (χ0v) is 24.7. The van der Waals surface area contributed by atoms with E-state index in [1.165, 1.54) is 11.1 Å². The molecule has 3 aromatic carbocycles. The number of aliphatic hydroxyl groups excluding tert-OH is 2. The van der Waals surface area contributed by atoms with Crippen LogP contribution in [0.4, 0.5) is 0 Å². The molecule has 2 atom stereocenters. The van der Waals surface area contributed by atoms with Gasteiger partial charge in [-0.1, -0.05) is 91.0 Å². The normalized spacial score (nSPS) is 21.3. The van der Waals surface area contributed by atoms with E-state index in [4.69, 9.17) is 20.4 Å². The predicted octanol–water partition coefficient (Wildman–Crippen LogP) is 3.96. The number of hydrogen-bond donors (Lipinski definition) is 4. The number of benzene rings is 3. The zero-order chi connectivity index (χ0) is 31.6. The number of rotatable bonds is 9. The lowest BCUT2D eigenvalue weighted by molar-refractivity contribution is -0.165. The fourth-order valence-electron chi connectivity index (χ4n) is 5.71. The lowest BCUT2D eigenvalue weighted by Gasteiger charge is -2.53. The highest BCUT2D eigenvalue weighted by Crippen LogP contribution is 2.50. The summed E-state index contributed by atoms with van der Waals surface area (Å²) in [4.78, 5) is 37.3. The lowest BCUT2D eigenvalue weighted by atomic mass is 9.66. The molecule has 0 saturated heterocycles. The molecular formula is C34H40N2O7. The van der Waals surface area contributed by atoms with Crippen LogP contribution in [-0.4, -0.2) is 81.4 Å². The molecule has 1 fully saturated rings. The third-order valence-electron chi connectivity index (χ3n) is 8.38. The van der Waals surface area contributed by atoms with Gasteiger partial charge in [-0.15, -0.1) is 0 Å². The predicted molar refractivity (Wildman–Crippen MR) is 164 cm³/mol. The minimum absolute atomic E-state index is 0.0245. The first kappa shape index (κ1) is 33.2. The Bertz CT molecular complexity index is 1350. The Morgan fingerprint density at radius 3 is 1.42 bits per heavy atom. The SMILES string of the molecule is CN(C)C1(c2ccccc2)CCC(c2ccccc2)(N(C)C(=O)/C=C/c2ccccc2)CC1.O=C(O)[C@H](O)[C@@H](O)C(=O)O. The van der Waals surface area contributed by atoms with Gasteiger partial charge < -0.3 is 25.3 Å². The van der Waals surface area contributed by atoms with Crippen LogP contribution >= 0.6 is 0 Å². The summed E-state index contributed by atoms with van der Waals surface area (Å²) in [5, 5.41) is 32.5. The first-order valence-corrected chi connectivity index (χ1v) is 14.1. The fourth-order valence-corrected chi connectivity index (χ4v) is 5.71. The van der Waals surface area contributed by atoms with Gasteiger partial charge in [-0.3, -0.25) is 9.69 Å². The third kappa shape index (κ3) is 7.75. The van der Waals surface area contributed by atoms with Gasteiger partial charge in [0.2, 0.25) is 5.91 Å². The molecule has 4 rings (SSSR count). The Hall–Kier alpha value is -4.31. The van der Waals surface area contributed by atoms with E-state index >= 15 is 0 Å². The molecule has 1 aliphatic rings. The quantitative estimate of drug-likeness (QED) is 0.276. The van der Waals surface area contributed by atoms with Gasteiger partial charge >= 0.3 is 11.9 Å². The summed E-state index contributed by atoms with van der Waals surface area (Å²) < 4.78 is 0. The maximum Gasteiger partial charge on any atom is 0.335 e. The number of amides is 1. The number of carboxylic acid groups (broad SMARTS) is 2. The van der Waals surface area contributed by atoms with Crippen molar-refractivity contribution in [2.45, 2.75) is 49.0 Å². The van der Waals surface area contributed by atoms with Gasteiger partial charge in [0, 0.05) is 18.7 Å². The average molecular weight is 589 g/mol. The van der Waals surface area contributed by atoms with Crippen LogP contribution in [0.15, 0.2) is 97.1 Å². The Morgan fingerprint density at radius 1 is 0.651 bits per heavy atom. The molecule has 0 bridgehead atoms. The van der Waals surface area contributed by atoms with Crippen molar-refractivity contribution in [2.75, 3.05) is 21.1 Å². The maximum atomic E-state index is 13.4. The Kier molecular flexibility index (Phi) is 11.4. The van der Waals surface area contributed by atoms with Crippen molar-refractivity contribution < 1.29 is 34.8 Å². The van der Waals surface area contributed by atoms with E-state index in [1.54, 1.807) is 6.08 Å². The van der Waals surface area contributed by atoms with Crippen LogP contribution in [0.3, 0.4) is 0 Å². The molecule has 9 nitrogen and oxygen atoms in total. The van der Waals surface area contributed by atoms with E-state index < -0.39 is 24.1 Å². The second kappa shape index (κ2) is 14.7. The summed E-state index contributed by atoms with van der Waals surface area (Å²) in [6, 6.07) is 31.4. The molecule has 1 aliphatic carbocycles. The van der Waals surface area contributed by atoms with Crippen LogP contribution in [0.25, 0.3) is 6.08 Å². The molecule has 43 heavy (non-hydrogen) atoms. The van der Waals surface area contributed by atoms with Crippen LogP contribution in [0.2, 0.25) is 0 Å². The summed E-state index contributed by atoms with van der Waals surface area (Å²) >= 11 is 0. The molecular weight excluding hydrogens is 548 g/mol. The highest BCUT2D eigenvalue weighted by Gasteiger charge is 2.48. The summed E-state index contributed by atoms with van der Waals surface area (Å²) in [5.74, 6) is -3.50. The van der Waals surface area contributed by atoms with Gasteiger partial charge in [0.15, 0.2) is 12.2 Å². The molecule has 9 heteroatoms. The second-order valence-corrected chi connectivity index (χ2v) is 10.9. The molecule has 0 spiro atoms. The topological polar surface area (TPSA) is 139 Å². The van der Waals surface area contributed by atoms with Gasteiger partial charge in [-0.2, -0.15) is 0 Å². The Labute approximate surface area is 252 Å². The summed E-state index contributed by atoms with van der Waals surface area (Å²) in [5.41, 5.74) is 3.26. The van der Waals surface area contributed by atoms with Gasteiger partial charge in [0.25, 0.3) is 0 Å². The Morgan fingerprint density at radius 2 is 1.02 bits per heavy atom. The van der Waals surface area contributed by atoms with Crippen molar-refractivity contribution >= 4 is 23.9 Å². The summed E-state index contributed by atoms with van der Waals surface area (Å²) in [6.07, 6.45) is 2.88. The van der Waals surface area contributed by atoms with Crippen LogP contribution in [0.1, 0.15) is 42.4 Å². The van der Waals surface area contributed by atoms with Gasteiger partial charge in [-0.25, -0.2) is 9.59 Å². The Balaban J connectivity index is 0.000000436. The molecule has 1 amide bonds. The van der Waals surface area contributed by atoms with E-state index in [0.29, 0.717) is 0 Å². The number of aliphatic carboxylic acids is 2. The highest BCUT2D eigenvalue weighted by atomic mass is 16.4. The van der Waals surface area contributed by atoms with Crippen molar-refractivity contribution in [1.82, 2.24) is 9.80 Å². The number of aliphatic hydroxyl groups is 2. The molecule has 1 saturated carbocycles. The number of nitrogens with zero attached hydrogens (tertiary/aromatic N) is 2. The molecule has 0 unspecified atom stereocenters. The number of carboxylic acids is 2. The van der Waals surface area contributed by atoms with E-state index in [0.717, 1.165) is 31.2 Å². The molecule has 0 aliphatic heterocycles. The van der Waals surface area contributed by atoms with Crippen molar-refractivity contribution in [3.8, 4) is 0 Å². The van der Waals surface area contributed by atoms with Crippen molar-refractivity contribution in [3.63, 3.8) is 0 Å². The molecule has 228 valence electrons. The van der Waals surface area contributed by atoms with E-state index in [1.807, 2.05) is 54.4 Å². The smallest absolute Gasteiger partial charge is 0.335 e. The molecule has 0 radical (unpaired) electrons.